The highest BCUT2D eigenvalue weighted by Crippen LogP contribution is 2.40. The lowest BCUT2D eigenvalue weighted by molar-refractivity contribution is -0.141. The van der Waals surface area contributed by atoms with Gasteiger partial charge in [-0.2, -0.15) is 0 Å². The van der Waals surface area contributed by atoms with Gasteiger partial charge in [0, 0.05) is 19.8 Å². The van der Waals surface area contributed by atoms with Crippen LogP contribution in [0.25, 0.3) is 0 Å². The van der Waals surface area contributed by atoms with Crippen LogP contribution in [0.3, 0.4) is 0 Å². The van der Waals surface area contributed by atoms with E-state index in [0.29, 0.717) is 5.56 Å². The summed E-state index contributed by atoms with van der Waals surface area (Å²) in [5, 5.41) is 9.48. The zero-order valence-corrected chi connectivity index (χ0v) is 13.0. The van der Waals surface area contributed by atoms with Crippen LogP contribution < -0.4 is 14.2 Å². The first-order valence-corrected chi connectivity index (χ1v) is 6.61. The first-order valence-electron chi connectivity index (χ1n) is 6.61. The van der Waals surface area contributed by atoms with E-state index in [1.807, 2.05) is 0 Å². The highest BCUT2D eigenvalue weighted by Gasteiger charge is 2.21. The Balaban J connectivity index is 3.20. The van der Waals surface area contributed by atoms with Crippen LogP contribution in [0.2, 0.25) is 0 Å². The maximum absolute atomic E-state index is 11.2. The van der Waals surface area contributed by atoms with Gasteiger partial charge < -0.3 is 24.1 Å². The number of hydrogen-bond donors (Lipinski definition) is 1. The summed E-state index contributed by atoms with van der Waals surface area (Å²) in [6.07, 6.45) is 0. The molecule has 0 aliphatic rings. The van der Waals surface area contributed by atoms with Gasteiger partial charge in [0.15, 0.2) is 11.5 Å². The van der Waals surface area contributed by atoms with Gasteiger partial charge in [0.25, 0.3) is 0 Å². The molecule has 0 radical (unpaired) electrons. The quantitative estimate of drug-likeness (QED) is 0.598. The standard InChI is InChI=1S/C15H20O7/c1-9(17)21-8-12(7-16)11-5-13(19-3)15(22-10(2)18)14(6-11)20-4/h5-6,12,16H,7-8H2,1-4H3. The third kappa shape index (κ3) is 4.63. The van der Waals surface area contributed by atoms with E-state index in [4.69, 9.17) is 18.9 Å². The van der Waals surface area contributed by atoms with Gasteiger partial charge in [0.05, 0.1) is 20.8 Å². The van der Waals surface area contributed by atoms with Crippen LogP contribution in [0, 0.1) is 0 Å². The fourth-order valence-corrected chi connectivity index (χ4v) is 1.85. The predicted molar refractivity (Wildman–Crippen MR) is 77.3 cm³/mol. The van der Waals surface area contributed by atoms with E-state index in [-0.39, 0.29) is 30.5 Å². The SMILES string of the molecule is COc1cc(C(CO)COC(C)=O)cc(OC)c1OC(C)=O. The molecule has 1 N–H and O–H groups in total. The van der Waals surface area contributed by atoms with Crippen LogP contribution in [0.5, 0.6) is 17.2 Å². The first-order chi connectivity index (χ1) is 10.4. The van der Waals surface area contributed by atoms with Gasteiger partial charge >= 0.3 is 11.9 Å². The summed E-state index contributed by atoms with van der Waals surface area (Å²) >= 11 is 0. The Kier molecular flexibility index (Phi) is 6.65. The van der Waals surface area contributed by atoms with Crippen molar-refractivity contribution in [2.24, 2.45) is 0 Å². The highest BCUT2D eigenvalue weighted by molar-refractivity contribution is 5.72. The van der Waals surface area contributed by atoms with Gasteiger partial charge in [-0.1, -0.05) is 0 Å². The lowest BCUT2D eigenvalue weighted by Crippen LogP contribution is -2.15. The normalized spacial score (nSPS) is 11.5. The number of aliphatic hydroxyl groups excluding tert-OH is 1. The smallest absolute Gasteiger partial charge is 0.308 e. The second-order valence-electron chi connectivity index (χ2n) is 4.53. The van der Waals surface area contributed by atoms with Crippen molar-refractivity contribution < 1.29 is 33.6 Å². The first kappa shape index (κ1) is 17.8. The summed E-state index contributed by atoms with van der Waals surface area (Å²) in [5.41, 5.74) is 0.633. The molecular formula is C15H20O7. The Morgan fingerprint density at radius 1 is 1.09 bits per heavy atom. The van der Waals surface area contributed by atoms with Crippen LogP contribution in [0.4, 0.5) is 0 Å². The number of hydrogen-bond acceptors (Lipinski definition) is 7. The van der Waals surface area contributed by atoms with Gasteiger partial charge in [-0.15, -0.1) is 0 Å². The summed E-state index contributed by atoms with van der Waals surface area (Å²) in [7, 11) is 2.84. The van der Waals surface area contributed by atoms with E-state index in [0.717, 1.165) is 0 Å². The van der Waals surface area contributed by atoms with Crippen LogP contribution >= 0.6 is 0 Å². The second-order valence-corrected chi connectivity index (χ2v) is 4.53. The van der Waals surface area contributed by atoms with E-state index >= 15 is 0 Å². The molecule has 0 spiro atoms. The monoisotopic (exact) mass is 312 g/mol. The number of esters is 2. The Morgan fingerprint density at radius 3 is 2.00 bits per heavy atom. The van der Waals surface area contributed by atoms with E-state index in [2.05, 4.69) is 0 Å². The molecule has 7 heteroatoms. The van der Waals surface area contributed by atoms with Crippen molar-refractivity contribution in [2.45, 2.75) is 19.8 Å². The van der Waals surface area contributed by atoms with E-state index in [1.54, 1.807) is 12.1 Å². The molecule has 7 nitrogen and oxygen atoms in total. The van der Waals surface area contributed by atoms with Crippen LogP contribution in [0.15, 0.2) is 12.1 Å². The fraction of sp³-hybridized carbons (Fsp3) is 0.467. The summed E-state index contributed by atoms with van der Waals surface area (Å²) in [6, 6.07) is 3.20. The molecule has 1 aromatic rings. The molecule has 0 fully saturated rings. The van der Waals surface area contributed by atoms with Gasteiger partial charge in [-0.25, -0.2) is 0 Å². The molecule has 122 valence electrons. The summed E-state index contributed by atoms with van der Waals surface area (Å²) < 4.78 is 20.4. The third-order valence-corrected chi connectivity index (χ3v) is 2.91. The zero-order valence-electron chi connectivity index (χ0n) is 13.0. The number of carbonyl (C=O) groups excluding carboxylic acids is 2. The average molecular weight is 312 g/mol. The van der Waals surface area contributed by atoms with Crippen molar-refractivity contribution >= 4 is 11.9 Å². The van der Waals surface area contributed by atoms with Crippen molar-refractivity contribution in [3.05, 3.63) is 17.7 Å². The average Bonchev–Trinajstić information content (AvgIpc) is 2.47. The molecule has 0 amide bonds. The van der Waals surface area contributed by atoms with Crippen molar-refractivity contribution in [1.82, 2.24) is 0 Å². The van der Waals surface area contributed by atoms with E-state index in [1.165, 1.54) is 28.1 Å². The summed E-state index contributed by atoms with van der Waals surface area (Å²) in [4.78, 5) is 22.1. The van der Waals surface area contributed by atoms with Crippen molar-refractivity contribution in [1.29, 1.82) is 0 Å². The minimum atomic E-state index is -0.511. The Hall–Kier alpha value is -2.28. The van der Waals surface area contributed by atoms with Gasteiger partial charge in [-0.3, -0.25) is 9.59 Å². The van der Waals surface area contributed by atoms with Crippen molar-refractivity contribution in [3.63, 3.8) is 0 Å². The van der Waals surface area contributed by atoms with Gasteiger partial charge in [0.1, 0.15) is 6.61 Å². The lowest BCUT2D eigenvalue weighted by atomic mass is 9.99. The third-order valence-electron chi connectivity index (χ3n) is 2.91. The van der Waals surface area contributed by atoms with Crippen LogP contribution in [0.1, 0.15) is 25.3 Å². The molecule has 0 aliphatic heterocycles. The van der Waals surface area contributed by atoms with Gasteiger partial charge in [0.2, 0.25) is 5.75 Å². The number of aliphatic hydroxyl groups is 1. The topological polar surface area (TPSA) is 91.3 Å². The number of benzene rings is 1. The van der Waals surface area contributed by atoms with E-state index in [9.17, 15) is 14.7 Å². The van der Waals surface area contributed by atoms with Gasteiger partial charge in [-0.05, 0) is 17.7 Å². The molecule has 0 saturated heterocycles. The predicted octanol–water partition coefficient (Wildman–Crippen LogP) is 1.27. The lowest BCUT2D eigenvalue weighted by Gasteiger charge is -2.19. The van der Waals surface area contributed by atoms with Crippen LogP contribution in [-0.2, 0) is 14.3 Å². The van der Waals surface area contributed by atoms with Crippen molar-refractivity contribution in [2.75, 3.05) is 27.4 Å². The molecule has 1 rings (SSSR count). The number of ether oxygens (including phenoxy) is 4. The largest absolute Gasteiger partial charge is 0.493 e. The molecule has 0 heterocycles. The molecule has 0 saturated carbocycles. The van der Waals surface area contributed by atoms with Crippen LogP contribution in [-0.4, -0.2) is 44.5 Å². The minimum absolute atomic E-state index is 0.0189. The number of methoxy groups -OCH3 is 2. The molecule has 1 aromatic carbocycles. The zero-order chi connectivity index (χ0) is 16.7. The molecule has 1 atom stereocenters. The highest BCUT2D eigenvalue weighted by atomic mass is 16.6. The number of rotatable bonds is 7. The Morgan fingerprint density at radius 2 is 1.64 bits per heavy atom. The number of carbonyl (C=O) groups is 2. The summed E-state index contributed by atoms with van der Waals surface area (Å²) in [5.74, 6) is -0.669. The molecule has 0 bridgehead atoms. The second kappa shape index (κ2) is 8.23. The Labute approximate surface area is 128 Å². The van der Waals surface area contributed by atoms with Crippen molar-refractivity contribution in [3.8, 4) is 17.2 Å². The molecule has 0 aliphatic carbocycles. The molecule has 0 aromatic heterocycles. The summed E-state index contributed by atoms with van der Waals surface area (Å²) in [6.45, 7) is 2.35. The molecular weight excluding hydrogens is 292 g/mol. The fourth-order valence-electron chi connectivity index (χ4n) is 1.85. The minimum Gasteiger partial charge on any atom is -0.493 e. The molecule has 1 unspecified atom stereocenters. The molecule has 22 heavy (non-hydrogen) atoms. The van der Waals surface area contributed by atoms with E-state index < -0.39 is 17.9 Å². The maximum atomic E-state index is 11.2. The Bertz CT molecular complexity index is 514. The maximum Gasteiger partial charge on any atom is 0.308 e.